The van der Waals surface area contributed by atoms with Crippen molar-refractivity contribution >= 4 is 17.6 Å². The number of halogens is 2. The first-order valence-corrected chi connectivity index (χ1v) is 3.50. The molecule has 0 heterocycles. The lowest BCUT2D eigenvalue weighted by Crippen LogP contribution is -2.10. The maximum Gasteiger partial charge on any atom is 0.313 e. The Kier molecular flexibility index (Phi) is 1.86. The van der Waals surface area contributed by atoms with Crippen molar-refractivity contribution in [2.75, 3.05) is 6.61 Å². The molecule has 1 aliphatic carbocycles. The fraction of sp³-hybridized carbons (Fsp3) is 0.833. The van der Waals surface area contributed by atoms with Gasteiger partial charge in [-0.15, -0.1) is 0 Å². The molecule has 0 amide bonds. The molecule has 0 aromatic rings. The molecule has 1 rings (SSSR count). The van der Waals surface area contributed by atoms with E-state index in [4.69, 9.17) is 11.6 Å². The summed E-state index contributed by atoms with van der Waals surface area (Å²) >= 11 is 5.17. The van der Waals surface area contributed by atoms with Crippen molar-refractivity contribution in [1.82, 2.24) is 0 Å². The standard InChI is InChI=1S/C6H8ClFO2/c1-2-10-5(9)4-3-6(4,7)8/h4H,2-3H2,1H3. The second-order valence-electron chi connectivity index (χ2n) is 2.27. The molecule has 0 N–H and O–H groups in total. The predicted octanol–water partition coefficient (Wildman–Crippen LogP) is 1.47. The number of rotatable bonds is 2. The summed E-state index contributed by atoms with van der Waals surface area (Å²) < 4.78 is 17.0. The molecule has 0 spiro atoms. The van der Waals surface area contributed by atoms with Crippen LogP contribution in [0.5, 0.6) is 0 Å². The summed E-state index contributed by atoms with van der Waals surface area (Å²) in [5.41, 5.74) is 0. The average molecular weight is 167 g/mol. The minimum atomic E-state index is -1.81. The first kappa shape index (κ1) is 7.79. The van der Waals surface area contributed by atoms with Crippen LogP contribution >= 0.6 is 11.6 Å². The SMILES string of the molecule is CCOC(=O)C1CC1(F)Cl. The van der Waals surface area contributed by atoms with Crippen molar-refractivity contribution < 1.29 is 13.9 Å². The number of carbonyl (C=O) groups excluding carboxylic acids is 1. The lowest BCUT2D eigenvalue weighted by Gasteiger charge is -1.98. The van der Waals surface area contributed by atoms with Crippen LogP contribution in [0, 0.1) is 5.92 Å². The van der Waals surface area contributed by atoms with Gasteiger partial charge >= 0.3 is 5.97 Å². The zero-order valence-corrected chi connectivity index (χ0v) is 6.32. The van der Waals surface area contributed by atoms with E-state index in [2.05, 4.69) is 4.74 Å². The molecular formula is C6H8ClFO2. The van der Waals surface area contributed by atoms with E-state index in [9.17, 15) is 9.18 Å². The summed E-state index contributed by atoms with van der Waals surface area (Å²) in [6, 6.07) is 0. The zero-order valence-electron chi connectivity index (χ0n) is 5.56. The second-order valence-corrected chi connectivity index (χ2v) is 2.90. The Balaban J connectivity index is 2.33. The van der Waals surface area contributed by atoms with E-state index in [1.807, 2.05) is 0 Å². The molecular weight excluding hydrogens is 159 g/mol. The van der Waals surface area contributed by atoms with Crippen LogP contribution in [0.3, 0.4) is 0 Å². The fourth-order valence-corrected chi connectivity index (χ4v) is 0.955. The van der Waals surface area contributed by atoms with Crippen molar-refractivity contribution in [3.05, 3.63) is 0 Å². The second kappa shape index (κ2) is 2.38. The molecule has 2 unspecified atom stereocenters. The molecule has 0 radical (unpaired) electrons. The van der Waals surface area contributed by atoms with Gasteiger partial charge in [-0.2, -0.15) is 0 Å². The summed E-state index contributed by atoms with van der Waals surface area (Å²) in [6.07, 6.45) is 0.0907. The van der Waals surface area contributed by atoms with Gasteiger partial charge in [0.15, 0.2) is 5.13 Å². The molecule has 0 bridgehead atoms. The summed E-state index contributed by atoms with van der Waals surface area (Å²) in [5.74, 6) is -1.26. The Morgan fingerprint density at radius 1 is 2.00 bits per heavy atom. The molecule has 0 aliphatic heterocycles. The van der Waals surface area contributed by atoms with Crippen LogP contribution in [0.2, 0.25) is 0 Å². The highest BCUT2D eigenvalue weighted by Crippen LogP contribution is 2.51. The zero-order chi connectivity index (χ0) is 7.78. The van der Waals surface area contributed by atoms with Gasteiger partial charge in [-0.3, -0.25) is 4.79 Å². The van der Waals surface area contributed by atoms with Gasteiger partial charge in [-0.05, 0) is 6.92 Å². The summed E-state index contributed by atoms with van der Waals surface area (Å²) in [4.78, 5) is 10.7. The topological polar surface area (TPSA) is 26.3 Å². The highest BCUT2D eigenvalue weighted by molar-refractivity contribution is 6.26. The normalized spacial score (nSPS) is 37.3. The lowest BCUT2D eigenvalue weighted by molar-refractivity contribution is -0.145. The van der Waals surface area contributed by atoms with Gasteiger partial charge in [-0.25, -0.2) is 4.39 Å². The van der Waals surface area contributed by atoms with Gasteiger partial charge in [0.1, 0.15) is 5.92 Å². The summed E-state index contributed by atoms with van der Waals surface area (Å²) in [6.45, 7) is 1.96. The third kappa shape index (κ3) is 1.40. The van der Waals surface area contributed by atoms with E-state index < -0.39 is 17.0 Å². The first-order chi connectivity index (χ1) is 4.58. The Morgan fingerprint density at radius 2 is 2.50 bits per heavy atom. The van der Waals surface area contributed by atoms with Crippen molar-refractivity contribution in [2.45, 2.75) is 18.5 Å². The van der Waals surface area contributed by atoms with Gasteiger partial charge in [0.2, 0.25) is 0 Å². The maximum absolute atomic E-state index is 12.5. The van der Waals surface area contributed by atoms with Crippen molar-refractivity contribution in [1.29, 1.82) is 0 Å². The van der Waals surface area contributed by atoms with E-state index in [1.165, 1.54) is 0 Å². The van der Waals surface area contributed by atoms with E-state index in [0.717, 1.165) is 0 Å². The van der Waals surface area contributed by atoms with Crippen molar-refractivity contribution in [2.24, 2.45) is 5.92 Å². The van der Waals surface area contributed by atoms with Gasteiger partial charge < -0.3 is 4.74 Å². The number of alkyl halides is 2. The monoisotopic (exact) mass is 166 g/mol. The maximum atomic E-state index is 12.5. The number of esters is 1. The number of hydrogen-bond donors (Lipinski definition) is 0. The minimum Gasteiger partial charge on any atom is -0.466 e. The Hall–Kier alpha value is -0.310. The van der Waals surface area contributed by atoms with E-state index in [1.54, 1.807) is 6.92 Å². The van der Waals surface area contributed by atoms with Gasteiger partial charge in [0.05, 0.1) is 6.61 Å². The van der Waals surface area contributed by atoms with E-state index in [-0.39, 0.29) is 13.0 Å². The summed E-state index contributed by atoms with van der Waals surface area (Å²) in [7, 11) is 0. The molecule has 2 atom stereocenters. The van der Waals surface area contributed by atoms with Crippen LogP contribution in [0.15, 0.2) is 0 Å². The van der Waals surface area contributed by atoms with Gasteiger partial charge in [0.25, 0.3) is 0 Å². The first-order valence-electron chi connectivity index (χ1n) is 3.12. The number of carbonyl (C=O) groups is 1. The third-order valence-corrected chi connectivity index (χ3v) is 1.81. The molecule has 0 saturated heterocycles. The molecule has 1 fully saturated rings. The van der Waals surface area contributed by atoms with Crippen molar-refractivity contribution in [3.63, 3.8) is 0 Å². The van der Waals surface area contributed by atoms with Gasteiger partial charge in [0, 0.05) is 6.42 Å². The van der Waals surface area contributed by atoms with Crippen LogP contribution in [0.4, 0.5) is 4.39 Å². The molecule has 4 heteroatoms. The van der Waals surface area contributed by atoms with E-state index >= 15 is 0 Å². The van der Waals surface area contributed by atoms with Crippen LogP contribution in [-0.2, 0) is 9.53 Å². The fourth-order valence-electron chi connectivity index (χ4n) is 0.712. The van der Waals surface area contributed by atoms with Crippen LogP contribution in [0.25, 0.3) is 0 Å². The average Bonchev–Trinajstić information content (AvgIpc) is 2.41. The van der Waals surface area contributed by atoms with Crippen molar-refractivity contribution in [3.8, 4) is 0 Å². The van der Waals surface area contributed by atoms with Crippen LogP contribution < -0.4 is 0 Å². The lowest BCUT2D eigenvalue weighted by atomic mass is 10.4. The number of ether oxygens (including phenoxy) is 1. The van der Waals surface area contributed by atoms with Gasteiger partial charge in [-0.1, -0.05) is 11.6 Å². The molecule has 0 aromatic heterocycles. The molecule has 0 aromatic carbocycles. The highest BCUT2D eigenvalue weighted by Gasteiger charge is 2.59. The minimum absolute atomic E-state index is 0.0907. The molecule has 1 aliphatic rings. The molecule has 10 heavy (non-hydrogen) atoms. The Bertz CT molecular complexity index is 158. The Morgan fingerprint density at radius 3 is 2.80 bits per heavy atom. The third-order valence-electron chi connectivity index (χ3n) is 1.40. The molecule has 1 saturated carbocycles. The number of hydrogen-bond acceptors (Lipinski definition) is 2. The molecule has 58 valence electrons. The largest absolute Gasteiger partial charge is 0.466 e. The van der Waals surface area contributed by atoms with Crippen LogP contribution in [0.1, 0.15) is 13.3 Å². The Labute approximate surface area is 63.3 Å². The predicted molar refractivity (Wildman–Crippen MR) is 34.4 cm³/mol. The van der Waals surface area contributed by atoms with Crippen LogP contribution in [-0.4, -0.2) is 17.7 Å². The molecule has 2 nitrogen and oxygen atoms in total. The summed E-state index contributed by atoms with van der Waals surface area (Å²) in [5, 5.41) is -1.81. The smallest absolute Gasteiger partial charge is 0.313 e. The quantitative estimate of drug-likeness (QED) is 0.459. The van der Waals surface area contributed by atoms with E-state index in [0.29, 0.717) is 0 Å². The highest BCUT2D eigenvalue weighted by atomic mass is 35.5.